The highest BCUT2D eigenvalue weighted by Crippen LogP contribution is 2.47. The topological polar surface area (TPSA) is 100 Å². The van der Waals surface area contributed by atoms with Gasteiger partial charge in [0.05, 0.1) is 25.7 Å². The van der Waals surface area contributed by atoms with E-state index in [0.29, 0.717) is 0 Å². The standard InChI is InChI=1S/C43H24BN3O5S/c1-23-19-32-31-21-26(53(50,51)25-15-13-24(14-16-25)47(48)49)17-18-35(31)45-37-22-33-28-8-3-5-12-38(28)52-43(33)39-30-10-6-9-29-27-7-2-4-11-36(27)46(41(29)30)44(40(37)39)34(20-23)42(32)45/h2-22H,1H3. The summed E-state index contributed by atoms with van der Waals surface area (Å²) in [6, 6.07) is 40.4. The molecule has 12 rings (SSSR count). The number of para-hydroxylation sites is 3. The maximum atomic E-state index is 14.0. The Morgan fingerprint density at radius 3 is 2.26 bits per heavy atom. The average Bonchev–Trinajstić information content (AvgIpc) is 3.83. The smallest absolute Gasteiger partial charge is 0.333 e. The zero-order valence-corrected chi connectivity index (χ0v) is 28.8. The normalized spacial score (nSPS) is 13.3. The van der Waals surface area contributed by atoms with Crippen molar-refractivity contribution in [3.05, 3.63) is 143 Å². The van der Waals surface area contributed by atoms with Crippen LogP contribution in [0.1, 0.15) is 5.56 Å². The highest BCUT2D eigenvalue weighted by atomic mass is 32.2. The van der Waals surface area contributed by atoms with E-state index in [4.69, 9.17) is 4.42 Å². The summed E-state index contributed by atoms with van der Waals surface area (Å²) in [6.07, 6.45) is 0. The van der Waals surface area contributed by atoms with Crippen LogP contribution in [0.4, 0.5) is 5.69 Å². The largest absolute Gasteiger partial charge is 0.455 e. The van der Waals surface area contributed by atoms with Crippen LogP contribution in [0.2, 0.25) is 0 Å². The molecule has 0 unspecified atom stereocenters. The Kier molecular flexibility index (Phi) is 5.26. The summed E-state index contributed by atoms with van der Waals surface area (Å²) in [4.78, 5) is 10.9. The van der Waals surface area contributed by atoms with Gasteiger partial charge in [-0.15, -0.1) is 0 Å². The lowest BCUT2D eigenvalue weighted by atomic mass is 9.45. The van der Waals surface area contributed by atoms with E-state index in [1.165, 1.54) is 40.6 Å². The molecule has 5 heterocycles. The maximum absolute atomic E-state index is 14.0. The number of hydrogen-bond donors (Lipinski definition) is 0. The molecule has 53 heavy (non-hydrogen) atoms. The predicted octanol–water partition coefficient (Wildman–Crippen LogP) is 8.79. The minimum absolute atomic E-state index is 0.00353. The number of furan rings is 1. The van der Waals surface area contributed by atoms with Crippen LogP contribution in [0, 0.1) is 17.0 Å². The molecule has 0 N–H and O–H groups in total. The fourth-order valence-electron chi connectivity index (χ4n) is 9.35. The summed E-state index contributed by atoms with van der Waals surface area (Å²) in [7, 11) is -3.99. The Bertz CT molecular complexity index is 3470. The number of benzene rings is 7. The Hall–Kier alpha value is -6.65. The lowest BCUT2D eigenvalue weighted by Crippen LogP contribution is -2.55. The Balaban J connectivity index is 1.24. The molecular formula is C43H24BN3O5S. The number of rotatable bonds is 3. The van der Waals surface area contributed by atoms with Crippen LogP contribution in [0.3, 0.4) is 0 Å². The molecule has 250 valence electrons. The molecule has 10 heteroatoms. The van der Waals surface area contributed by atoms with Crippen molar-refractivity contribution in [2.75, 3.05) is 0 Å². The second-order valence-corrected chi connectivity index (χ2v) is 16.1. The summed E-state index contributed by atoms with van der Waals surface area (Å²) in [6.45, 7) is 1.91. The van der Waals surface area contributed by atoms with Gasteiger partial charge in [-0.3, -0.25) is 10.1 Å². The molecule has 0 saturated carbocycles. The molecule has 0 fully saturated rings. The third-order valence-corrected chi connectivity index (χ3v) is 13.2. The van der Waals surface area contributed by atoms with E-state index in [1.807, 2.05) is 24.3 Å². The van der Waals surface area contributed by atoms with Crippen LogP contribution in [-0.4, -0.2) is 29.2 Å². The number of aromatic nitrogens is 2. The van der Waals surface area contributed by atoms with Gasteiger partial charge in [0.1, 0.15) is 11.2 Å². The van der Waals surface area contributed by atoms with Crippen molar-refractivity contribution in [3.63, 3.8) is 0 Å². The molecule has 10 aromatic rings. The first kappa shape index (κ1) is 29.0. The fourth-order valence-corrected chi connectivity index (χ4v) is 10.6. The number of nitro benzene ring substituents is 1. The van der Waals surface area contributed by atoms with Crippen molar-refractivity contribution in [1.29, 1.82) is 0 Å². The molecule has 0 atom stereocenters. The summed E-state index contributed by atoms with van der Waals surface area (Å²) < 4.78 is 39.7. The van der Waals surface area contributed by atoms with E-state index in [9.17, 15) is 18.5 Å². The molecule has 3 aromatic heterocycles. The van der Waals surface area contributed by atoms with Gasteiger partial charge in [0, 0.05) is 72.3 Å². The first-order valence-electron chi connectivity index (χ1n) is 17.4. The highest BCUT2D eigenvalue weighted by molar-refractivity contribution is 7.91. The van der Waals surface area contributed by atoms with E-state index in [1.54, 1.807) is 12.1 Å². The van der Waals surface area contributed by atoms with E-state index in [-0.39, 0.29) is 22.3 Å². The van der Waals surface area contributed by atoms with Gasteiger partial charge in [-0.1, -0.05) is 66.2 Å². The molecular weight excluding hydrogens is 681 g/mol. The lowest BCUT2D eigenvalue weighted by molar-refractivity contribution is -0.384. The van der Waals surface area contributed by atoms with Gasteiger partial charge in [0.2, 0.25) is 9.84 Å². The van der Waals surface area contributed by atoms with Gasteiger partial charge < -0.3 is 13.5 Å². The molecule has 0 spiro atoms. The van der Waals surface area contributed by atoms with Crippen molar-refractivity contribution in [3.8, 4) is 16.8 Å². The first-order chi connectivity index (χ1) is 25.8. The molecule has 8 nitrogen and oxygen atoms in total. The molecule has 0 bridgehead atoms. The number of nitro groups is 1. The summed E-state index contributed by atoms with van der Waals surface area (Å²) >= 11 is 0. The molecule has 0 aliphatic carbocycles. The number of non-ortho nitro benzene ring substituents is 1. The Morgan fingerprint density at radius 2 is 1.43 bits per heavy atom. The summed E-state index contributed by atoms with van der Waals surface area (Å²) in [5.74, 6) is 0. The highest BCUT2D eigenvalue weighted by Gasteiger charge is 2.43. The maximum Gasteiger partial charge on any atom is 0.333 e. The number of sulfone groups is 1. The number of hydrogen-bond acceptors (Lipinski definition) is 5. The van der Waals surface area contributed by atoms with E-state index in [2.05, 4.69) is 82.7 Å². The first-order valence-corrected chi connectivity index (χ1v) is 18.9. The fraction of sp³-hybridized carbons (Fsp3) is 0.0233. The van der Waals surface area contributed by atoms with Gasteiger partial charge in [0.15, 0.2) is 0 Å². The molecule has 0 amide bonds. The summed E-state index contributed by atoms with van der Waals surface area (Å²) in [5.41, 5.74) is 12.4. The summed E-state index contributed by atoms with van der Waals surface area (Å²) in [5, 5.41) is 17.5. The monoisotopic (exact) mass is 705 g/mol. The van der Waals surface area contributed by atoms with Crippen LogP contribution in [0.5, 0.6) is 0 Å². The van der Waals surface area contributed by atoms with Crippen molar-refractivity contribution in [1.82, 2.24) is 9.05 Å². The van der Waals surface area contributed by atoms with E-state index < -0.39 is 14.8 Å². The van der Waals surface area contributed by atoms with E-state index >= 15 is 0 Å². The van der Waals surface area contributed by atoms with Gasteiger partial charge in [-0.2, -0.15) is 0 Å². The van der Waals surface area contributed by atoms with Crippen molar-refractivity contribution >= 4 is 98.8 Å². The number of aryl methyl sites for hydroxylation is 1. The minimum atomic E-state index is -3.99. The molecule has 7 aromatic carbocycles. The van der Waals surface area contributed by atoms with Crippen LogP contribution in [0.15, 0.2) is 142 Å². The predicted molar refractivity (Wildman–Crippen MR) is 210 cm³/mol. The van der Waals surface area contributed by atoms with Crippen molar-refractivity contribution in [2.24, 2.45) is 0 Å². The van der Waals surface area contributed by atoms with Gasteiger partial charge in [0.25, 0.3) is 5.69 Å². The Morgan fingerprint density at radius 1 is 0.679 bits per heavy atom. The Labute approximate surface area is 301 Å². The molecule has 2 aliphatic heterocycles. The minimum Gasteiger partial charge on any atom is -0.455 e. The van der Waals surface area contributed by atoms with E-state index in [0.717, 1.165) is 82.6 Å². The molecule has 2 aliphatic rings. The van der Waals surface area contributed by atoms with Gasteiger partial charge in [-0.05, 0) is 72.4 Å². The second kappa shape index (κ2) is 9.61. The van der Waals surface area contributed by atoms with Gasteiger partial charge >= 0.3 is 6.85 Å². The molecule has 0 saturated heterocycles. The number of fused-ring (bicyclic) bond motifs is 14. The average molecular weight is 706 g/mol. The lowest BCUT2D eigenvalue weighted by Gasteiger charge is -2.34. The number of nitrogens with zero attached hydrogens (tertiary/aromatic N) is 3. The zero-order valence-electron chi connectivity index (χ0n) is 28.0. The quantitative estimate of drug-likeness (QED) is 0.104. The third-order valence-electron chi connectivity index (χ3n) is 11.4. The SMILES string of the molecule is Cc1cc2c3c(c1)c1cc(S(=O)(=O)c4ccc([N+](=O)[O-])cc4)ccc1n3-c1cc3c(oc4ccccc43)c3c1B2n1c2ccccc2c2cccc-3c21. The molecule has 0 radical (unpaired) electrons. The van der Waals surface area contributed by atoms with Crippen LogP contribution in [-0.2, 0) is 9.84 Å². The van der Waals surface area contributed by atoms with Gasteiger partial charge in [-0.25, -0.2) is 8.42 Å². The van der Waals surface area contributed by atoms with Crippen LogP contribution in [0.25, 0.3) is 82.4 Å². The van der Waals surface area contributed by atoms with Crippen LogP contribution >= 0.6 is 0 Å². The zero-order chi connectivity index (χ0) is 35.5. The van der Waals surface area contributed by atoms with Crippen molar-refractivity contribution < 1.29 is 17.8 Å². The second-order valence-electron chi connectivity index (χ2n) is 14.2. The van der Waals surface area contributed by atoms with Crippen LogP contribution < -0.4 is 10.9 Å². The van der Waals surface area contributed by atoms with Crippen molar-refractivity contribution in [2.45, 2.75) is 16.7 Å². The third kappa shape index (κ3) is 3.49.